The number of carboxylic acids is 1. The second kappa shape index (κ2) is 10.2. The van der Waals surface area contributed by atoms with Crippen LogP contribution in [0.25, 0.3) is 21.3 Å². The summed E-state index contributed by atoms with van der Waals surface area (Å²) in [6.45, 7) is 5.27. The molecule has 2 N–H and O–H groups in total. The van der Waals surface area contributed by atoms with Gasteiger partial charge in [-0.05, 0) is 18.9 Å². The molecule has 1 aromatic carbocycles. The van der Waals surface area contributed by atoms with Gasteiger partial charge in [-0.15, -0.1) is 11.3 Å². The van der Waals surface area contributed by atoms with Crippen LogP contribution in [-0.2, 0) is 9.59 Å². The quantitative estimate of drug-likeness (QED) is 0.505. The Labute approximate surface area is 179 Å². The summed E-state index contributed by atoms with van der Waals surface area (Å²) in [4.78, 5) is 35.9. The van der Waals surface area contributed by atoms with Crippen LogP contribution < -0.4 is 5.32 Å². The first-order valence-corrected chi connectivity index (χ1v) is 10.9. The topological polar surface area (TPSA) is 95.4 Å². The van der Waals surface area contributed by atoms with Crippen molar-refractivity contribution in [3.63, 3.8) is 0 Å². The monoisotopic (exact) mass is 426 g/mol. The second-order valence-corrected chi connectivity index (χ2v) is 8.21. The van der Waals surface area contributed by atoms with Crippen molar-refractivity contribution in [1.82, 2.24) is 14.9 Å². The van der Waals surface area contributed by atoms with E-state index in [1.165, 1.54) is 11.2 Å². The van der Waals surface area contributed by atoms with Crippen molar-refractivity contribution in [3.8, 4) is 11.1 Å². The number of hydrogen-bond acceptors (Lipinski definition) is 6. The molecule has 2 heterocycles. The fourth-order valence-corrected chi connectivity index (χ4v) is 4.45. The van der Waals surface area contributed by atoms with Crippen molar-refractivity contribution in [3.05, 3.63) is 41.5 Å². The largest absolute Gasteiger partial charge is 0.481 e. The van der Waals surface area contributed by atoms with Gasteiger partial charge in [0.1, 0.15) is 17.0 Å². The molecule has 7 nitrogen and oxygen atoms in total. The summed E-state index contributed by atoms with van der Waals surface area (Å²) in [6, 6.07) is 10.1. The number of nitrogens with one attached hydrogen (secondary N) is 1. The number of hydrogen-bond donors (Lipinski definition) is 2. The van der Waals surface area contributed by atoms with Gasteiger partial charge in [0, 0.05) is 36.5 Å². The third-order valence-corrected chi connectivity index (χ3v) is 5.81. The van der Waals surface area contributed by atoms with Crippen molar-refractivity contribution in [2.24, 2.45) is 0 Å². The minimum Gasteiger partial charge on any atom is -0.481 e. The summed E-state index contributed by atoms with van der Waals surface area (Å²) in [5.74, 6) is -0.240. The number of carbonyl (C=O) groups excluding carboxylic acids is 1. The van der Waals surface area contributed by atoms with Crippen LogP contribution in [0.4, 0.5) is 5.82 Å². The standard InChI is InChI=1S/C22H26N4O3S/c1-3-12-26(13-10-18(28)29)17(27)9-11-23-21-20-19(16-7-5-4-6-8-16)15(2)30-22(20)25-14-24-21/h4-8,14H,3,9-13H2,1-2H3,(H,28,29)(H,23,24,25). The van der Waals surface area contributed by atoms with Crippen LogP contribution in [0.15, 0.2) is 36.7 Å². The average Bonchev–Trinajstić information content (AvgIpc) is 3.08. The Bertz CT molecular complexity index is 1020. The highest BCUT2D eigenvalue weighted by molar-refractivity contribution is 7.19. The number of rotatable bonds is 10. The normalized spacial score (nSPS) is 10.9. The van der Waals surface area contributed by atoms with E-state index >= 15 is 0 Å². The van der Waals surface area contributed by atoms with Crippen LogP contribution in [0.1, 0.15) is 31.1 Å². The van der Waals surface area contributed by atoms with Gasteiger partial charge < -0.3 is 15.3 Å². The van der Waals surface area contributed by atoms with Crippen LogP contribution in [-0.4, -0.2) is 51.5 Å². The molecule has 0 atom stereocenters. The van der Waals surface area contributed by atoms with Crippen LogP contribution in [0.2, 0.25) is 0 Å². The average molecular weight is 427 g/mol. The first kappa shape index (κ1) is 21.7. The first-order chi connectivity index (χ1) is 14.5. The zero-order chi connectivity index (χ0) is 21.5. The Kier molecular flexibility index (Phi) is 7.35. The van der Waals surface area contributed by atoms with E-state index in [2.05, 4.69) is 34.3 Å². The van der Waals surface area contributed by atoms with Crippen LogP contribution >= 0.6 is 11.3 Å². The number of aryl methyl sites for hydroxylation is 1. The summed E-state index contributed by atoms with van der Waals surface area (Å²) >= 11 is 1.63. The third-order valence-electron chi connectivity index (χ3n) is 4.80. The smallest absolute Gasteiger partial charge is 0.305 e. The van der Waals surface area contributed by atoms with Crippen molar-refractivity contribution >= 4 is 39.2 Å². The van der Waals surface area contributed by atoms with E-state index in [4.69, 9.17) is 5.11 Å². The molecule has 2 aromatic heterocycles. The van der Waals surface area contributed by atoms with Gasteiger partial charge in [0.25, 0.3) is 0 Å². The van der Waals surface area contributed by atoms with Crippen molar-refractivity contribution in [1.29, 1.82) is 0 Å². The number of carbonyl (C=O) groups is 2. The number of aromatic nitrogens is 2. The molecule has 8 heteroatoms. The summed E-state index contributed by atoms with van der Waals surface area (Å²) in [5, 5.41) is 13.2. The molecule has 0 aliphatic heterocycles. The Balaban J connectivity index is 1.75. The molecular weight excluding hydrogens is 400 g/mol. The molecule has 1 amide bonds. The molecule has 0 unspecified atom stereocenters. The fraction of sp³-hybridized carbons (Fsp3) is 0.364. The number of amides is 1. The maximum Gasteiger partial charge on any atom is 0.305 e. The summed E-state index contributed by atoms with van der Waals surface area (Å²) in [5.41, 5.74) is 2.22. The number of nitrogens with zero attached hydrogens (tertiary/aromatic N) is 3. The van der Waals surface area contributed by atoms with Gasteiger partial charge in [-0.25, -0.2) is 9.97 Å². The molecule has 0 aliphatic rings. The molecule has 0 spiro atoms. The SMILES string of the molecule is CCCN(CCC(=O)O)C(=O)CCNc1ncnc2sc(C)c(-c3ccccc3)c12. The van der Waals surface area contributed by atoms with Gasteiger partial charge in [-0.3, -0.25) is 9.59 Å². The number of carboxylic acid groups (broad SMARTS) is 1. The lowest BCUT2D eigenvalue weighted by Crippen LogP contribution is -2.34. The van der Waals surface area contributed by atoms with Gasteiger partial charge in [0.2, 0.25) is 5.91 Å². The van der Waals surface area contributed by atoms with Gasteiger partial charge in [-0.1, -0.05) is 37.3 Å². The number of aliphatic carboxylic acids is 1. The Hall–Kier alpha value is -3.00. The first-order valence-electron chi connectivity index (χ1n) is 10.0. The Morgan fingerprint density at radius 3 is 2.60 bits per heavy atom. The van der Waals surface area contributed by atoms with Crippen LogP contribution in [0, 0.1) is 6.92 Å². The van der Waals surface area contributed by atoms with Crippen molar-refractivity contribution in [2.75, 3.05) is 25.0 Å². The minimum atomic E-state index is -0.897. The van der Waals surface area contributed by atoms with Gasteiger partial charge in [0.05, 0.1) is 11.8 Å². The number of thiophene rings is 1. The lowest BCUT2D eigenvalue weighted by Gasteiger charge is -2.21. The zero-order valence-corrected chi connectivity index (χ0v) is 18.0. The third kappa shape index (κ3) is 5.13. The predicted octanol–water partition coefficient (Wildman–Crippen LogP) is 4.18. The Morgan fingerprint density at radius 2 is 1.90 bits per heavy atom. The fourth-order valence-electron chi connectivity index (χ4n) is 3.44. The predicted molar refractivity (Wildman–Crippen MR) is 120 cm³/mol. The summed E-state index contributed by atoms with van der Waals surface area (Å²) < 4.78 is 0. The number of benzene rings is 1. The number of anilines is 1. The summed E-state index contributed by atoms with van der Waals surface area (Å²) in [6.07, 6.45) is 2.56. The summed E-state index contributed by atoms with van der Waals surface area (Å²) in [7, 11) is 0. The molecule has 0 aliphatic carbocycles. The molecular formula is C22H26N4O3S. The van der Waals surface area contributed by atoms with Gasteiger partial charge in [0.15, 0.2) is 0 Å². The van der Waals surface area contributed by atoms with Crippen molar-refractivity contribution in [2.45, 2.75) is 33.1 Å². The molecule has 3 rings (SSSR count). The van der Waals surface area contributed by atoms with Crippen LogP contribution in [0.3, 0.4) is 0 Å². The van der Waals surface area contributed by atoms with E-state index in [1.54, 1.807) is 16.2 Å². The molecule has 30 heavy (non-hydrogen) atoms. The molecule has 0 saturated carbocycles. The Morgan fingerprint density at radius 1 is 1.13 bits per heavy atom. The lowest BCUT2D eigenvalue weighted by molar-refractivity contribution is -0.138. The van der Waals surface area contributed by atoms with Crippen molar-refractivity contribution < 1.29 is 14.7 Å². The highest BCUT2D eigenvalue weighted by Gasteiger charge is 2.18. The highest BCUT2D eigenvalue weighted by Crippen LogP contribution is 2.40. The van der Waals surface area contributed by atoms with E-state index in [0.717, 1.165) is 27.8 Å². The molecule has 0 fully saturated rings. The zero-order valence-electron chi connectivity index (χ0n) is 17.2. The highest BCUT2D eigenvalue weighted by atomic mass is 32.1. The lowest BCUT2D eigenvalue weighted by atomic mass is 10.0. The molecule has 0 radical (unpaired) electrons. The van der Waals surface area contributed by atoms with E-state index in [1.807, 2.05) is 25.1 Å². The van der Waals surface area contributed by atoms with E-state index in [-0.39, 0.29) is 25.3 Å². The van der Waals surface area contributed by atoms with E-state index in [0.29, 0.717) is 18.9 Å². The molecule has 3 aromatic rings. The molecule has 0 saturated heterocycles. The van der Waals surface area contributed by atoms with Gasteiger partial charge >= 0.3 is 5.97 Å². The van der Waals surface area contributed by atoms with E-state index in [9.17, 15) is 9.59 Å². The maximum atomic E-state index is 12.6. The van der Waals surface area contributed by atoms with E-state index < -0.39 is 5.97 Å². The number of fused-ring (bicyclic) bond motifs is 1. The second-order valence-electron chi connectivity index (χ2n) is 7.00. The van der Waals surface area contributed by atoms with Gasteiger partial charge in [-0.2, -0.15) is 0 Å². The maximum absolute atomic E-state index is 12.6. The van der Waals surface area contributed by atoms with Crippen LogP contribution in [0.5, 0.6) is 0 Å². The molecule has 158 valence electrons. The minimum absolute atomic E-state index is 0.0414. The molecule has 0 bridgehead atoms.